The summed E-state index contributed by atoms with van der Waals surface area (Å²) in [4.78, 5) is 4.02. The predicted molar refractivity (Wildman–Crippen MR) is 80.6 cm³/mol. The highest BCUT2D eigenvalue weighted by Crippen LogP contribution is 2.36. The van der Waals surface area contributed by atoms with Gasteiger partial charge in [0, 0.05) is 11.8 Å². The van der Waals surface area contributed by atoms with Gasteiger partial charge in [-0.2, -0.15) is 0 Å². The second kappa shape index (κ2) is 5.43. The number of nitrogens with two attached hydrogens (primary N) is 1. The molecule has 2 aromatic rings. The number of aromatic nitrogens is 1. The molecule has 0 saturated carbocycles. The van der Waals surface area contributed by atoms with Gasteiger partial charge in [0.1, 0.15) is 5.82 Å². The van der Waals surface area contributed by atoms with Crippen molar-refractivity contribution in [1.29, 1.82) is 0 Å². The maximum Gasteiger partial charge on any atom is 0.129 e. The summed E-state index contributed by atoms with van der Waals surface area (Å²) in [6.45, 7) is 0. The fraction of sp³-hybridized carbons (Fsp3) is 0.312. The lowest BCUT2D eigenvalue weighted by molar-refractivity contribution is 0.0999. The number of aryl methyl sites for hydroxylation is 1. The Bertz CT molecular complexity index is 630. The molecular formula is C16H17ClN2O. The molecule has 0 bridgehead atoms. The Hall–Kier alpha value is -1.58. The number of nitrogens with zero attached hydrogens (tertiary/aromatic N) is 1. The standard InChI is InChI=1S/C16H17ClN2O/c17-13-8-14(16(18)19-9-13)15(20)12-6-5-10-3-1-2-4-11(10)7-12/h1-4,8-9,12,15,20H,5-7H2,(H2,18,19). The molecule has 1 aromatic carbocycles. The van der Waals surface area contributed by atoms with Gasteiger partial charge in [0.2, 0.25) is 0 Å². The van der Waals surface area contributed by atoms with E-state index in [0.29, 0.717) is 16.4 Å². The molecule has 0 amide bonds. The summed E-state index contributed by atoms with van der Waals surface area (Å²) < 4.78 is 0. The second-order valence-electron chi connectivity index (χ2n) is 5.34. The minimum Gasteiger partial charge on any atom is -0.388 e. The van der Waals surface area contributed by atoms with Crippen molar-refractivity contribution in [1.82, 2.24) is 4.98 Å². The summed E-state index contributed by atoms with van der Waals surface area (Å²) in [5.74, 6) is 0.522. The Labute approximate surface area is 123 Å². The van der Waals surface area contributed by atoms with Crippen molar-refractivity contribution in [3.63, 3.8) is 0 Å². The molecule has 0 aliphatic heterocycles. The number of fused-ring (bicyclic) bond motifs is 1. The highest BCUT2D eigenvalue weighted by atomic mass is 35.5. The third-order valence-corrected chi connectivity index (χ3v) is 4.27. The van der Waals surface area contributed by atoms with E-state index in [9.17, 15) is 5.11 Å². The van der Waals surface area contributed by atoms with E-state index < -0.39 is 6.10 Å². The van der Waals surface area contributed by atoms with Crippen LogP contribution in [0.1, 0.15) is 29.2 Å². The molecule has 2 atom stereocenters. The van der Waals surface area contributed by atoms with Crippen molar-refractivity contribution in [3.8, 4) is 0 Å². The largest absolute Gasteiger partial charge is 0.388 e. The van der Waals surface area contributed by atoms with Crippen LogP contribution in [0.2, 0.25) is 5.02 Å². The highest BCUT2D eigenvalue weighted by molar-refractivity contribution is 6.30. The number of nitrogen functional groups attached to an aromatic ring is 1. The summed E-state index contributed by atoms with van der Waals surface area (Å²) in [5.41, 5.74) is 9.20. The number of aliphatic hydroxyl groups excluding tert-OH is 1. The molecule has 1 aromatic heterocycles. The Morgan fingerprint density at radius 2 is 2.05 bits per heavy atom. The number of anilines is 1. The van der Waals surface area contributed by atoms with E-state index in [1.807, 2.05) is 6.07 Å². The third-order valence-electron chi connectivity index (χ3n) is 4.07. The van der Waals surface area contributed by atoms with Crippen LogP contribution in [0.3, 0.4) is 0 Å². The SMILES string of the molecule is Nc1ncc(Cl)cc1C(O)C1CCc2ccccc2C1. The number of pyridine rings is 1. The van der Waals surface area contributed by atoms with Gasteiger partial charge in [-0.25, -0.2) is 4.98 Å². The van der Waals surface area contributed by atoms with Crippen molar-refractivity contribution in [3.05, 3.63) is 58.2 Å². The molecule has 3 N–H and O–H groups in total. The average Bonchev–Trinajstić information content (AvgIpc) is 2.48. The average molecular weight is 289 g/mol. The Balaban J connectivity index is 1.85. The van der Waals surface area contributed by atoms with Crippen LogP contribution in [0.25, 0.3) is 0 Å². The van der Waals surface area contributed by atoms with Crippen LogP contribution in [0, 0.1) is 5.92 Å². The van der Waals surface area contributed by atoms with Gasteiger partial charge in [0.25, 0.3) is 0 Å². The first-order valence-corrected chi connectivity index (χ1v) is 7.18. The molecule has 2 unspecified atom stereocenters. The van der Waals surface area contributed by atoms with Crippen molar-refractivity contribution in [2.24, 2.45) is 5.92 Å². The van der Waals surface area contributed by atoms with Gasteiger partial charge in [-0.1, -0.05) is 35.9 Å². The number of hydrogen-bond acceptors (Lipinski definition) is 3. The summed E-state index contributed by atoms with van der Waals surface area (Å²) in [6, 6.07) is 10.1. The van der Waals surface area contributed by atoms with Gasteiger partial charge in [-0.15, -0.1) is 0 Å². The maximum atomic E-state index is 10.6. The van der Waals surface area contributed by atoms with E-state index in [1.165, 1.54) is 17.3 Å². The first-order chi connectivity index (χ1) is 9.65. The Kier molecular flexibility index (Phi) is 3.64. The Morgan fingerprint density at radius 1 is 1.30 bits per heavy atom. The van der Waals surface area contributed by atoms with Crippen molar-refractivity contribution in [2.75, 3.05) is 5.73 Å². The fourth-order valence-corrected chi connectivity index (χ4v) is 3.12. The van der Waals surface area contributed by atoms with Crippen LogP contribution in [-0.4, -0.2) is 10.1 Å². The zero-order valence-corrected chi connectivity index (χ0v) is 11.8. The molecule has 3 rings (SSSR count). The van der Waals surface area contributed by atoms with E-state index in [-0.39, 0.29) is 5.92 Å². The minimum atomic E-state index is -0.616. The molecule has 0 fully saturated rings. The zero-order chi connectivity index (χ0) is 14.1. The number of benzene rings is 1. The van der Waals surface area contributed by atoms with E-state index in [0.717, 1.165) is 19.3 Å². The molecule has 4 heteroatoms. The smallest absolute Gasteiger partial charge is 0.129 e. The molecule has 104 valence electrons. The summed E-state index contributed by atoms with van der Waals surface area (Å²) in [6.07, 6.45) is 3.69. The van der Waals surface area contributed by atoms with Gasteiger partial charge in [-0.3, -0.25) is 0 Å². The third kappa shape index (κ3) is 2.51. The van der Waals surface area contributed by atoms with Crippen LogP contribution < -0.4 is 5.73 Å². The number of rotatable bonds is 2. The summed E-state index contributed by atoms with van der Waals surface area (Å²) in [5, 5.41) is 11.1. The van der Waals surface area contributed by atoms with E-state index >= 15 is 0 Å². The van der Waals surface area contributed by atoms with Gasteiger partial charge >= 0.3 is 0 Å². The Morgan fingerprint density at radius 3 is 2.85 bits per heavy atom. The summed E-state index contributed by atoms with van der Waals surface area (Å²) in [7, 11) is 0. The molecule has 1 aliphatic rings. The molecular weight excluding hydrogens is 272 g/mol. The molecule has 1 aliphatic carbocycles. The molecule has 0 radical (unpaired) electrons. The zero-order valence-electron chi connectivity index (χ0n) is 11.1. The number of halogens is 1. The molecule has 0 saturated heterocycles. The van der Waals surface area contributed by atoms with Gasteiger partial charge in [0.15, 0.2) is 0 Å². The van der Waals surface area contributed by atoms with Crippen LogP contribution in [0.4, 0.5) is 5.82 Å². The highest BCUT2D eigenvalue weighted by Gasteiger charge is 2.27. The van der Waals surface area contributed by atoms with E-state index in [2.05, 4.69) is 23.2 Å². The van der Waals surface area contributed by atoms with Crippen LogP contribution >= 0.6 is 11.6 Å². The number of hydrogen-bond donors (Lipinski definition) is 2. The molecule has 1 heterocycles. The first-order valence-electron chi connectivity index (χ1n) is 6.81. The van der Waals surface area contributed by atoms with Gasteiger partial charge in [0.05, 0.1) is 11.1 Å². The normalized spacial score (nSPS) is 19.4. The van der Waals surface area contributed by atoms with Crippen LogP contribution in [-0.2, 0) is 12.8 Å². The maximum absolute atomic E-state index is 10.6. The lowest BCUT2D eigenvalue weighted by Crippen LogP contribution is -2.22. The minimum absolute atomic E-state index is 0.160. The number of aliphatic hydroxyl groups is 1. The van der Waals surface area contributed by atoms with Crippen molar-refractivity contribution < 1.29 is 5.11 Å². The molecule has 0 spiro atoms. The van der Waals surface area contributed by atoms with Gasteiger partial charge < -0.3 is 10.8 Å². The second-order valence-corrected chi connectivity index (χ2v) is 5.78. The van der Waals surface area contributed by atoms with E-state index in [1.54, 1.807) is 6.07 Å². The van der Waals surface area contributed by atoms with Crippen LogP contribution in [0.15, 0.2) is 36.5 Å². The fourth-order valence-electron chi connectivity index (χ4n) is 2.95. The first kappa shape index (κ1) is 13.4. The topological polar surface area (TPSA) is 59.1 Å². The molecule has 3 nitrogen and oxygen atoms in total. The quantitative estimate of drug-likeness (QED) is 0.892. The summed E-state index contributed by atoms with van der Waals surface area (Å²) >= 11 is 5.95. The molecule has 20 heavy (non-hydrogen) atoms. The monoisotopic (exact) mass is 288 g/mol. The predicted octanol–water partition coefficient (Wildman–Crippen LogP) is 3.16. The lowest BCUT2D eigenvalue weighted by Gasteiger charge is -2.29. The van der Waals surface area contributed by atoms with Crippen LogP contribution in [0.5, 0.6) is 0 Å². The van der Waals surface area contributed by atoms with E-state index in [4.69, 9.17) is 17.3 Å². The lowest BCUT2D eigenvalue weighted by atomic mass is 9.79. The van der Waals surface area contributed by atoms with Crippen molar-refractivity contribution >= 4 is 17.4 Å². The van der Waals surface area contributed by atoms with Gasteiger partial charge in [-0.05, 0) is 42.4 Å². The van der Waals surface area contributed by atoms with Crippen molar-refractivity contribution in [2.45, 2.75) is 25.4 Å².